The Kier molecular flexibility index (Phi) is 5.11. The highest BCUT2D eigenvalue weighted by atomic mass is 16.5. The lowest BCUT2D eigenvalue weighted by Gasteiger charge is -2.19. The zero-order valence-corrected chi connectivity index (χ0v) is 11.7. The lowest BCUT2D eigenvalue weighted by molar-refractivity contribution is 0.000208. The van der Waals surface area contributed by atoms with Gasteiger partial charge < -0.3 is 20.9 Å². The first-order chi connectivity index (χ1) is 9.65. The van der Waals surface area contributed by atoms with Crippen molar-refractivity contribution in [3.63, 3.8) is 0 Å². The monoisotopic (exact) mass is 278 g/mol. The summed E-state index contributed by atoms with van der Waals surface area (Å²) < 4.78 is 5.17. The second-order valence-electron chi connectivity index (χ2n) is 5.16. The Morgan fingerprint density at radius 1 is 1.40 bits per heavy atom. The van der Waals surface area contributed by atoms with Gasteiger partial charge in [-0.05, 0) is 43.5 Å². The number of hydrogen-bond donors (Lipinski definition) is 3. The Bertz CT molecular complexity index is 447. The number of carbonyl (C=O) groups is 1. The van der Waals surface area contributed by atoms with E-state index in [0.29, 0.717) is 12.1 Å². The topological polar surface area (TPSA) is 84.6 Å². The Hall–Kier alpha value is -1.43. The van der Waals surface area contributed by atoms with Crippen LogP contribution >= 0.6 is 0 Å². The third-order valence-electron chi connectivity index (χ3n) is 3.82. The molecule has 5 heteroatoms. The van der Waals surface area contributed by atoms with Crippen LogP contribution in [0.4, 0.5) is 0 Å². The van der Waals surface area contributed by atoms with Crippen molar-refractivity contribution in [2.75, 3.05) is 13.7 Å². The quantitative estimate of drug-likeness (QED) is 0.730. The molecule has 20 heavy (non-hydrogen) atoms. The highest BCUT2D eigenvalue weighted by Crippen LogP contribution is 2.22. The summed E-state index contributed by atoms with van der Waals surface area (Å²) in [6.45, 7) is 0.595. The van der Waals surface area contributed by atoms with Crippen molar-refractivity contribution in [3.8, 4) is 0 Å². The Morgan fingerprint density at radius 2 is 2.10 bits per heavy atom. The summed E-state index contributed by atoms with van der Waals surface area (Å²) >= 11 is 0. The molecule has 0 radical (unpaired) electrons. The highest BCUT2D eigenvalue weighted by molar-refractivity contribution is 5.94. The van der Waals surface area contributed by atoms with Crippen LogP contribution in [0.3, 0.4) is 0 Å². The molecule has 1 aliphatic carbocycles. The van der Waals surface area contributed by atoms with Gasteiger partial charge in [0.25, 0.3) is 5.91 Å². The van der Waals surface area contributed by atoms with Crippen molar-refractivity contribution in [2.24, 2.45) is 5.73 Å². The van der Waals surface area contributed by atoms with Gasteiger partial charge in [0.05, 0.1) is 12.1 Å². The molecule has 1 aromatic carbocycles. The minimum Gasteiger partial charge on any atom is -0.388 e. The third-order valence-corrected chi connectivity index (χ3v) is 3.82. The molecule has 1 saturated carbocycles. The zero-order chi connectivity index (χ0) is 14.5. The van der Waals surface area contributed by atoms with E-state index in [1.165, 1.54) is 0 Å². The van der Waals surface area contributed by atoms with E-state index in [4.69, 9.17) is 10.5 Å². The summed E-state index contributed by atoms with van der Waals surface area (Å²) in [6.07, 6.45) is 1.47. The first-order valence-electron chi connectivity index (χ1n) is 6.96. The van der Waals surface area contributed by atoms with Gasteiger partial charge in [0.1, 0.15) is 6.10 Å². The summed E-state index contributed by atoms with van der Waals surface area (Å²) in [5.74, 6) is -0.162. The number of benzene rings is 1. The average molecular weight is 278 g/mol. The standard InChI is InChI=1S/C15H22N2O3/c1-20-13-7-6-12(14(13)18)17-15(19)11-4-2-10(3-5-11)8-9-16/h2-5,12-14,18H,6-9,16H2,1H3,(H,17,19)/t12-,13-,14-/m1/s1. The van der Waals surface area contributed by atoms with E-state index in [9.17, 15) is 9.90 Å². The van der Waals surface area contributed by atoms with Gasteiger partial charge in [-0.1, -0.05) is 12.1 Å². The summed E-state index contributed by atoms with van der Waals surface area (Å²) in [6, 6.07) is 7.15. The predicted molar refractivity (Wildman–Crippen MR) is 76.5 cm³/mol. The number of aliphatic hydroxyl groups excluding tert-OH is 1. The van der Waals surface area contributed by atoms with Gasteiger partial charge in [0.2, 0.25) is 0 Å². The first-order valence-corrected chi connectivity index (χ1v) is 6.96. The van der Waals surface area contributed by atoms with Crippen LogP contribution in [0.5, 0.6) is 0 Å². The normalized spacial score (nSPS) is 25.6. The number of aliphatic hydroxyl groups is 1. The molecule has 1 fully saturated rings. The highest BCUT2D eigenvalue weighted by Gasteiger charge is 2.35. The van der Waals surface area contributed by atoms with Crippen molar-refractivity contribution < 1.29 is 14.6 Å². The maximum atomic E-state index is 12.1. The zero-order valence-electron chi connectivity index (χ0n) is 11.7. The summed E-state index contributed by atoms with van der Waals surface area (Å²) in [5.41, 5.74) is 7.20. The molecule has 2 rings (SSSR count). The molecule has 0 saturated heterocycles. The fraction of sp³-hybridized carbons (Fsp3) is 0.533. The fourth-order valence-electron chi connectivity index (χ4n) is 2.60. The molecule has 0 aromatic heterocycles. The van der Waals surface area contributed by atoms with Gasteiger partial charge in [0.15, 0.2) is 0 Å². The van der Waals surface area contributed by atoms with Gasteiger partial charge in [-0.25, -0.2) is 0 Å². The molecule has 1 aliphatic rings. The molecule has 4 N–H and O–H groups in total. The molecular weight excluding hydrogens is 256 g/mol. The molecule has 5 nitrogen and oxygen atoms in total. The van der Waals surface area contributed by atoms with Gasteiger partial charge in [-0.2, -0.15) is 0 Å². The van der Waals surface area contributed by atoms with Gasteiger partial charge in [-0.15, -0.1) is 0 Å². The summed E-state index contributed by atoms with van der Waals surface area (Å²) in [4.78, 5) is 12.1. The molecule has 0 unspecified atom stereocenters. The smallest absolute Gasteiger partial charge is 0.251 e. The number of nitrogens with one attached hydrogen (secondary N) is 1. The van der Waals surface area contributed by atoms with E-state index in [1.807, 2.05) is 12.1 Å². The van der Waals surface area contributed by atoms with E-state index in [1.54, 1.807) is 19.2 Å². The van der Waals surface area contributed by atoms with Gasteiger partial charge >= 0.3 is 0 Å². The fourth-order valence-corrected chi connectivity index (χ4v) is 2.60. The van der Waals surface area contributed by atoms with Crippen molar-refractivity contribution >= 4 is 5.91 Å². The number of amides is 1. The lowest BCUT2D eigenvalue weighted by atomic mass is 10.1. The molecule has 110 valence electrons. The van der Waals surface area contributed by atoms with Crippen molar-refractivity contribution in [3.05, 3.63) is 35.4 Å². The minimum absolute atomic E-state index is 0.162. The largest absolute Gasteiger partial charge is 0.388 e. The van der Waals surface area contributed by atoms with Crippen LogP contribution in [0.1, 0.15) is 28.8 Å². The van der Waals surface area contributed by atoms with Crippen molar-refractivity contribution in [1.82, 2.24) is 5.32 Å². The second-order valence-corrected chi connectivity index (χ2v) is 5.16. The molecular formula is C15H22N2O3. The molecule has 0 bridgehead atoms. The Morgan fingerprint density at radius 3 is 2.65 bits per heavy atom. The Labute approximate surface area is 119 Å². The van der Waals surface area contributed by atoms with Crippen LogP contribution in [-0.4, -0.2) is 42.9 Å². The number of ether oxygens (including phenoxy) is 1. The lowest BCUT2D eigenvalue weighted by Crippen LogP contribution is -2.43. The predicted octanol–water partition coefficient (Wildman–Crippen LogP) is 0.456. The second kappa shape index (κ2) is 6.83. The molecule has 0 aliphatic heterocycles. The number of nitrogens with two attached hydrogens (primary N) is 1. The summed E-state index contributed by atoms with van der Waals surface area (Å²) in [7, 11) is 1.58. The maximum absolute atomic E-state index is 12.1. The number of carbonyl (C=O) groups excluding carboxylic acids is 1. The van der Waals surface area contributed by atoms with E-state index in [0.717, 1.165) is 24.8 Å². The maximum Gasteiger partial charge on any atom is 0.251 e. The van der Waals surface area contributed by atoms with Crippen LogP contribution in [0.2, 0.25) is 0 Å². The molecule has 1 amide bonds. The number of methoxy groups -OCH3 is 1. The number of hydrogen-bond acceptors (Lipinski definition) is 4. The SMILES string of the molecule is CO[C@@H]1CC[C@@H](NC(=O)c2ccc(CCN)cc2)[C@H]1O. The van der Waals surface area contributed by atoms with Crippen molar-refractivity contribution in [1.29, 1.82) is 0 Å². The van der Waals surface area contributed by atoms with E-state index < -0.39 is 6.10 Å². The van der Waals surface area contributed by atoms with Crippen LogP contribution in [-0.2, 0) is 11.2 Å². The Balaban J connectivity index is 1.95. The van der Waals surface area contributed by atoms with E-state index >= 15 is 0 Å². The van der Waals surface area contributed by atoms with Crippen LogP contribution in [0.25, 0.3) is 0 Å². The molecule has 1 aromatic rings. The molecule has 0 heterocycles. The van der Waals surface area contributed by atoms with Crippen LogP contribution < -0.4 is 11.1 Å². The summed E-state index contributed by atoms with van der Waals surface area (Å²) in [5, 5.41) is 12.9. The molecule has 3 atom stereocenters. The van der Waals surface area contributed by atoms with E-state index in [-0.39, 0.29) is 18.1 Å². The minimum atomic E-state index is -0.638. The van der Waals surface area contributed by atoms with Crippen LogP contribution in [0.15, 0.2) is 24.3 Å². The van der Waals surface area contributed by atoms with E-state index in [2.05, 4.69) is 5.32 Å². The molecule has 0 spiro atoms. The van der Waals surface area contributed by atoms with Crippen molar-refractivity contribution in [2.45, 2.75) is 37.5 Å². The number of rotatable bonds is 5. The first kappa shape index (κ1) is 15.0. The third kappa shape index (κ3) is 3.36. The van der Waals surface area contributed by atoms with Gasteiger partial charge in [-0.3, -0.25) is 4.79 Å². The van der Waals surface area contributed by atoms with Crippen LogP contribution in [0, 0.1) is 0 Å². The average Bonchev–Trinajstić information content (AvgIpc) is 2.80. The van der Waals surface area contributed by atoms with Gasteiger partial charge in [0, 0.05) is 12.7 Å².